The molecule has 0 fully saturated rings. The van der Waals surface area contributed by atoms with Gasteiger partial charge in [-0.2, -0.15) is 4.68 Å². The lowest BCUT2D eigenvalue weighted by molar-refractivity contribution is -0.785. The summed E-state index contributed by atoms with van der Waals surface area (Å²) in [6.07, 6.45) is -0.461. The molecule has 4 aromatic rings. The van der Waals surface area contributed by atoms with E-state index in [1.54, 1.807) is 0 Å². The number of hydrogen-bond donors (Lipinski definition) is 1. The zero-order valence-corrected chi connectivity index (χ0v) is 15.7. The van der Waals surface area contributed by atoms with Crippen molar-refractivity contribution in [2.45, 2.75) is 46.5 Å². The molecule has 0 saturated heterocycles. The summed E-state index contributed by atoms with van der Waals surface area (Å²) in [6.45, 7) is 8.44. The van der Waals surface area contributed by atoms with Gasteiger partial charge in [-0.3, -0.25) is 0 Å². The first-order chi connectivity index (χ1) is 12.6. The number of fused-ring (bicyclic) bond motifs is 3. The molecule has 2 aromatic heterocycles. The van der Waals surface area contributed by atoms with Crippen LogP contribution in [0, 0.1) is 13.8 Å². The van der Waals surface area contributed by atoms with E-state index >= 15 is 0 Å². The highest BCUT2D eigenvalue weighted by atomic mass is 16.3. The van der Waals surface area contributed by atoms with Crippen molar-refractivity contribution < 1.29 is 9.79 Å². The molecule has 26 heavy (non-hydrogen) atoms. The summed E-state index contributed by atoms with van der Waals surface area (Å²) < 4.78 is 6.66. The summed E-state index contributed by atoms with van der Waals surface area (Å²) in [5, 5.41) is 13.4. The first kappa shape index (κ1) is 16.9. The third-order valence-electron chi connectivity index (χ3n) is 5.28. The average Bonchev–Trinajstić information content (AvgIpc) is 3.10. The number of aryl methyl sites for hydroxylation is 2. The maximum Gasteiger partial charge on any atom is 0.205 e. The molecule has 0 aliphatic carbocycles. The maximum atomic E-state index is 10.9. The number of aromatic nitrogens is 3. The van der Waals surface area contributed by atoms with Gasteiger partial charge in [-0.05, 0) is 26.0 Å². The molecule has 0 radical (unpaired) electrons. The number of hydrogen-bond acceptors (Lipinski definition) is 1. The molecule has 0 amide bonds. The molecule has 1 N–H and O–H groups in total. The minimum Gasteiger partial charge on any atom is -0.385 e. The zero-order chi connectivity index (χ0) is 18.3. The van der Waals surface area contributed by atoms with Crippen molar-refractivity contribution in [2.75, 3.05) is 0 Å². The largest absolute Gasteiger partial charge is 0.385 e. The number of rotatable bonds is 5. The molecule has 1 atom stereocenters. The van der Waals surface area contributed by atoms with Crippen molar-refractivity contribution >= 4 is 21.8 Å². The normalized spacial score (nSPS) is 12.9. The Morgan fingerprint density at radius 2 is 1.54 bits per heavy atom. The molecule has 0 aliphatic heterocycles. The molecule has 0 bridgehead atoms. The van der Waals surface area contributed by atoms with Crippen molar-refractivity contribution in [1.82, 2.24) is 9.25 Å². The van der Waals surface area contributed by atoms with E-state index in [1.807, 2.05) is 0 Å². The highest BCUT2D eigenvalue weighted by Gasteiger charge is 2.22. The van der Waals surface area contributed by atoms with Crippen LogP contribution in [0.5, 0.6) is 0 Å². The zero-order valence-electron chi connectivity index (χ0n) is 15.7. The van der Waals surface area contributed by atoms with Crippen LogP contribution in [-0.2, 0) is 19.6 Å². The summed E-state index contributed by atoms with van der Waals surface area (Å²) >= 11 is 0. The lowest BCUT2D eigenvalue weighted by Gasteiger charge is -2.13. The van der Waals surface area contributed by atoms with E-state index < -0.39 is 6.10 Å². The summed E-state index contributed by atoms with van der Waals surface area (Å²) in [5.41, 5.74) is 4.77. The van der Waals surface area contributed by atoms with E-state index in [4.69, 9.17) is 0 Å². The summed E-state index contributed by atoms with van der Waals surface area (Å²) in [4.78, 5) is 0. The Labute approximate surface area is 153 Å². The molecule has 2 heterocycles. The first-order valence-corrected chi connectivity index (χ1v) is 9.31. The molecule has 0 saturated carbocycles. The molecule has 0 spiro atoms. The first-order valence-electron chi connectivity index (χ1n) is 9.31. The van der Waals surface area contributed by atoms with Crippen LogP contribution in [0.2, 0.25) is 0 Å². The van der Waals surface area contributed by atoms with Crippen molar-refractivity contribution in [3.05, 3.63) is 66.0 Å². The third kappa shape index (κ3) is 2.71. The van der Waals surface area contributed by atoms with Gasteiger partial charge in [-0.1, -0.05) is 36.4 Å². The SMILES string of the molecule is CCn1c(C)cc(C)[n+]1C[C@@H](O)Cn1c2ccccc2c2ccccc21. The van der Waals surface area contributed by atoms with Gasteiger partial charge >= 0.3 is 0 Å². The lowest BCUT2D eigenvalue weighted by atomic mass is 10.2. The minimum absolute atomic E-state index is 0.461. The average molecular weight is 348 g/mol. The fourth-order valence-corrected chi connectivity index (χ4v) is 4.16. The third-order valence-corrected chi connectivity index (χ3v) is 5.28. The smallest absolute Gasteiger partial charge is 0.205 e. The fourth-order valence-electron chi connectivity index (χ4n) is 4.16. The standard InChI is InChI=1S/C22H26N3O/c1-4-24-16(2)13-17(3)25(24)15-18(26)14-23-21-11-7-5-9-19(21)20-10-6-8-12-22(20)23/h5-13,18,26H,4,14-15H2,1-3H3/q+1/t18-/m0/s1. The summed E-state index contributed by atoms with van der Waals surface area (Å²) in [5.74, 6) is 0. The van der Waals surface area contributed by atoms with E-state index in [-0.39, 0.29) is 0 Å². The van der Waals surface area contributed by atoms with Gasteiger partial charge in [0, 0.05) is 34.8 Å². The molecule has 0 aliphatic rings. The molecule has 134 valence electrons. The second-order valence-corrected chi connectivity index (χ2v) is 7.02. The van der Waals surface area contributed by atoms with Gasteiger partial charge < -0.3 is 9.67 Å². The monoisotopic (exact) mass is 348 g/mol. The van der Waals surface area contributed by atoms with Crippen LogP contribution in [0.1, 0.15) is 18.3 Å². The molecule has 4 rings (SSSR count). The predicted molar refractivity (Wildman–Crippen MR) is 105 cm³/mol. The maximum absolute atomic E-state index is 10.9. The highest BCUT2D eigenvalue weighted by molar-refractivity contribution is 6.07. The number of aliphatic hydroxyl groups excluding tert-OH is 1. The van der Waals surface area contributed by atoms with E-state index in [0.29, 0.717) is 13.1 Å². The summed E-state index contributed by atoms with van der Waals surface area (Å²) in [7, 11) is 0. The van der Waals surface area contributed by atoms with E-state index in [1.165, 1.54) is 33.2 Å². The number of para-hydroxylation sites is 2. The number of nitrogens with zero attached hydrogens (tertiary/aromatic N) is 3. The molecule has 4 nitrogen and oxygen atoms in total. The van der Waals surface area contributed by atoms with Crippen LogP contribution in [0.3, 0.4) is 0 Å². The van der Waals surface area contributed by atoms with Gasteiger partial charge in [0.05, 0.1) is 18.8 Å². The van der Waals surface area contributed by atoms with Crippen molar-refractivity contribution in [2.24, 2.45) is 0 Å². The summed E-state index contributed by atoms with van der Waals surface area (Å²) in [6, 6.07) is 19.0. The lowest BCUT2D eigenvalue weighted by Crippen LogP contribution is -2.50. The van der Waals surface area contributed by atoms with Crippen LogP contribution in [0.4, 0.5) is 0 Å². The van der Waals surface area contributed by atoms with Crippen molar-refractivity contribution in [1.29, 1.82) is 0 Å². The molecule has 2 aromatic carbocycles. The molecular weight excluding hydrogens is 322 g/mol. The predicted octanol–water partition coefficient (Wildman–Crippen LogP) is 3.58. The fraction of sp³-hybridized carbons (Fsp3) is 0.318. The number of aliphatic hydroxyl groups is 1. The van der Waals surface area contributed by atoms with Crippen molar-refractivity contribution in [3.63, 3.8) is 0 Å². The topological polar surface area (TPSA) is 34.0 Å². The van der Waals surface area contributed by atoms with Gasteiger partial charge in [0.25, 0.3) is 0 Å². The Morgan fingerprint density at radius 1 is 0.962 bits per heavy atom. The van der Waals surface area contributed by atoms with Crippen LogP contribution in [0.25, 0.3) is 21.8 Å². The highest BCUT2D eigenvalue weighted by Crippen LogP contribution is 2.28. The minimum atomic E-state index is -0.461. The van der Waals surface area contributed by atoms with Gasteiger partial charge in [-0.15, -0.1) is 4.68 Å². The Morgan fingerprint density at radius 3 is 2.12 bits per heavy atom. The number of benzene rings is 2. The van der Waals surface area contributed by atoms with E-state index in [9.17, 15) is 5.11 Å². The van der Waals surface area contributed by atoms with Crippen LogP contribution >= 0.6 is 0 Å². The van der Waals surface area contributed by atoms with Gasteiger partial charge in [-0.25, -0.2) is 0 Å². The Balaban J connectivity index is 1.71. The van der Waals surface area contributed by atoms with E-state index in [2.05, 4.69) is 89.3 Å². The van der Waals surface area contributed by atoms with Gasteiger partial charge in [0.15, 0.2) is 6.54 Å². The second-order valence-electron chi connectivity index (χ2n) is 7.02. The Hall–Kier alpha value is -2.59. The second kappa shape index (κ2) is 6.61. The molecular formula is C22H26N3O+. The van der Waals surface area contributed by atoms with Crippen molar-refractivity contribution in [3.8, 4) is 0 Å². The Kier molecular flexibility index (Phi) is 4.29. The van der Waals surface area contributed by atoms with Crippen LogP contribution in [0.15, 0.2) is 54.6 Å². The van der Waals surface area contributed by atoms with Crippen LogP contribution < -0.4 is 4.68 Å². The molecule has 0 unspecified atom stereocenters. The molecule has 4 heteroatoms. The van der Waals surface area contributed by atoms with Gasteiger partial charge in [0.1, 0.15) is 6.10 Å². The van der Waals surface area contributed by atoms with Gasteiger partial charge in [0.2, 0.25) is 5.69 Å². The Bertz CT molecular complexity index is 1020. The van der Waals surface area contributed by atoms with Crippen LogP contribution in [-0.4, -0.2) is 20.5 Å². The quantitative estimate of drug-likeness (QED) is 0.550. The van der Waals surface area contributed by atoms with E-state index in [0.717, 1.165) is 6.54 Å².